The summed E-state index contributed by atoms with van der Waals surface area (Å²) in [6, 6.07) is 32.6. The van der Waals surface area contributed by atoms with Crippen LogP contribution in [0, 0.1) is 0 Å². The van der Waals surface area contributed by atoms with Gasteiger partial charge in [0.2, 0.25) is 0 Å². The molecule has 1 aliphatic heterocycles. The predicted molar refractivity (Wildman–Crippen MR) is 134 cm³/mol. The highest BCUT2D eigenvalue weighted by Crippen LogP contribution is 2.32. The van der Waals surface area contributed by atoms with Crippen molar-refractivity contribution in [2.75, 3.05) is 13.1 Å². The monoisotopic (exact) mass is 451 g/mol. The van der Waals surface area contributed by atoms with Gasteiger partial charge in [0.15, 0.2) is 6.10 Å². The van der Waals surface area contributed by atoms with Crippen LogP contribution in [0.5, 0.6) is 5.75 Å². The molecule has 4 aromatic rings. The molecule has 1 saturated heterocycles. The van der Waals surface area contributed by atoms with Gasteiger partial charge in [0.25, 0.3) is 5.91 Å². The van der Waals surface area contributed by atoms with Crippen molar-refractivity contribution in [1.29, 1.82) is 0 Å². The summed E-state index contributed by atoms with van der Waals surface area (Å²) in [6.45, 7) is 3.22. The average molecular weight is 452 g/mol. The van der Waals surface area contributed by atoms with Crippen LogP contribution in [0.2, 0.25) is 0 Å². The summed E-state index contributed by atoms with van der Waals surface area (Å²) in [5.41, 5.74) is 4.35. The number of amides is 1. The Hall–Kier alpha value is -3.86. The molecule has 2 heterocycles. The van der Waals surface area contributed by atoms with Crippen LogP contribution in [-0.2, 0) is 4.79 Å². The van der Waals surface area contributed by atoms with Crippen LogP contribution in [0.1, 0.15) is 25.8 Å². The first kappa shape index (κ1) is 22.0. The van der Waals surface area contributed by atoms with E-state index in [0.29, 0.717) is 13.1 Å². The van der Waals surface area contributed by atoms with Gasteiger partial charge in [-0.25, -0.2) is 0 Å². The maximum absolute atomic E-state index is 13.0. The first-order valence-corrected chi connectivity index (χ1v) is 11.9. The summed E-state index contributed by atoms with van der Waals surface area (Å²) >= 11 is 0. The summed E-state index contributed by atoms with van der Waals surface area (Å²) in [6.07, 6.45) is 1.22. The topological polar surface area (TPSA) is 47.4 Å². The molecule has 0 unspecified atom stereocenters. The van der Waals surface area contributed by atoms with Crippen LogP contribution in [0.3, 0.4) is 0 Å². The van der Waals surface area contributed by atoms with Crippen molar-refractivity contribution in [2.45, 2.75) is 31.9 Å². The highest BCUT2D eigenvalue weighted by Gasteiger charge is 2.29. The van der Waals surface area contributed by atoms with Gasteiger partial charge in [0.05, 0.1) is 17.4 Å². The lowest BCUT2D eigenvalue weighted by Crippen LogP contribution is -2.45. The highest BCUT2D eigenvalue weighted by atomic mass is 16.5. The van der Waals surface area contributed by atoms with Crippen LogP contribution >= 0.6 is 0 Å². The van der Waals surface area contributed by atoms with Gasteiger partial charge < -0.3 is 9.64 Å². The number of likely N-dealkylation sites (tertiary alicyclic amines) is 1. The molecule has 0 bridgehead atoms. The molecule has 1 atom stereocenters. The summed E-state index contributed by atoms with van der Waals surface area (Å²) in [7, 11) is 0. The largest absolute Gasteiger partial charge is 0.481 e. The molecule has 34 heavy (non-hydrogen) atoms. The number of para-hydroxylation sites is 1. The highest BCUT2D eigenvalue weighted by molar-refractivity contribution is 5.81. The van der Waals surface area contributed by atoms with E-state index < -0.39 is 6.10 Å². The molecule has 0 radical (unpaired) electrons. The number of carbonyl (C=O) groups is 1. The second kappa shape index (κ2) is 9.96. The summed E-state index contributed by atoms with van der Waals surface area (Å²) in [5, 5.41) is 5.03. The normalized spacial score (nSPS) is 15.1. The molecule has 0 aliphatic carbocycles. The van der Waals surface area contributed by atoms with Crippen molar-refractivity contribution in [3.8, 4) is 28.3 Å². The van der Waals surface area contributed by atoms with E-state index in [4.69, 9.17) is 9.84 Å². The Morgan fingerprint density at radius 3 is 2.03 bits per heavy atom. The van der Waals surface area contributed by atoms with Gasteiger partial charge in [-0.2, -0.15) is 5.10 Å². The fraction of sp³-hybridized carbons (Fsp3) is 0.241. The summed E-state index contributed by atoms with van der Waals surface area (Å²) in [4.78, 5) is 14.9. The van der Waals surface area contributed by atoms with Crippen molar-refractivity contribution in [2.24, 2.45) is 0 Å². The second-order valence-electron chi connectivity index (χ2n) is 8.72. The zero-order chi connectivity index (χ0) is 23.3. The van der Waals surface area contributed by atoms with Gasteiger partial charge in [-0.15, -0.1) is 0 Å². The predicted octanol–water partition coefficient (Wildman–Crippen LogP) is 5.85. The third-order valence-electron chi connectivity index (χ3n) is 6.40. The van der Waals surface area contributed by atoms with Crippen molar-refractivity contribution in [3.63, 3.8) is 0 Å². The minimum Gasteiger partial charge on any atom is -0.481 e. The molecule has 1 amide bonds. The average Bonchev–Trinajstić information content (AvgIpc) is 3.36. The van der Waals surface area contributed by atoms with E-state index in [2.05, 4.69) is 47.1 Å². The lowest BCUT2D eigenvalue weighted by Gasteiger charge is -2.34. The maximum Gasteiger partial charge on any atom is 0.263 e. The Morgan fingerprint density at radius 1 is 0.853 bits per heavy atom. The Labute approximate surface area is 200 Å². The van der Waals surface area contributed by atoms with Gasteiger partial charge in [-0.1, -0.05) is 78.9 Å². The number of benzene rings is 3. The zero-order valence-electron chi connectivity index (χ0n) is 19.4. The molecule has 1 aliphatic rings. The van der Waals surface area contributed by atoms with Crippen LogP contribution in [-0.4, -0.2) is 39.8 Å². The van der Waals surface area contributed by atoms with Crippen LogP contribution in [0.15, 0.2) is 97.1 Å². The molecule has 5 nitrogen and oxygen atoms in total. The molecule has 172 valence electrons. The Balaban J connectivity index is 1.32. The van der Waals surface area contributed by atoms with Crippen molar-refractivity contribution >= 4 is 5.91 Å². The molecule has 0 N–H and O–H groups in total. The van der Waals surface area contributed by atoms with E-state index >= 15 is 0 Å². The fourth-order valence-corrected chi connectivity index (χ4v) is 4.59. The molecule has 5 rings (SSSR count). The molecule has 0 spiro atoms. The third-order valence-corrected chi connectivity index (χ3v) is 6.40. The van der Waals surface area contributed by atoms with Crippen molar-refractivity contribution in [1.82, 2.24) is 14.7 Å². The smallest absolute Gasteiger partial charge is 0.263 e. The van der Waals surface area contributed by atoms with Gasteiger partial charge >= 0.3 is 0 Å². The third kappa shape index (κ3) is 4.74. The number of piperidine rings is 1. The molecule has 1 aromatic heterocycles. The number of ether oxygens (including phenoxy) is 1. The maximum atomic E-state index is 13.0. The first-order chi connectivity index (χ1) is 16.7. The van der Waals surface area contributed by atoms with Gasteiger partial charge in [-0.3, -0.25) is 9.48 Å². The minimum atomic E-state index is -0.506. The van der Waals surface area contributed by atoms with Gasteiger partial charge in [-0.05, 0) is 43.5 Å². The Morgan fingerprint density at radius 2 is 1.41 bits per heavy atom. The van der Waals surface area contributed by atoms with Crippen molar-refractivity contribution < 1.29 is 9.53 Å². The Kier molecular flexibility index (Phi) is 6.43. The van der Waals surface area contributed by atoms with Crippen molar-refractivity contribution in [3.05, 3.63) is 97.1 Å². The summed E-state index contributed by atoms with van der Waals surface area (Å²) < 4.78 is 8.03. The van der Waals surface area contributed by atoms with Crippen LogP contribution in [0.25, 0.3) is 22.5 Å². The quantitative estimate of drug-likeness (QED) is 0.370. The minimum absolute atomic E-state index is 0.0380. The molecule has 3 aromatic carbocycles. The van der Waals surface area contributed by atoms with E-state index in [0.717, 1.165) is 41.1 Å². The standard InChI is InChI=1S/C29H29N3O2/c1-22(34-26-15-9-4-10-16-26)29(33)31-19-17-25(18-20-31)32-28(24-13-7-3-8-14-24)21-27(30-32)23-11-5-2-6-12-23/h2-16,21-22,25H,17-20H2,1H3/t22-/m1/s1. The number of hydrogen-bond acceptors (Lipinski definition) is 3. The van der Waals surface area contributed by atoms with E-state index in [-0.39, 0.29) is 11.9 Å². The number of aromatic nitrogens is 2. The number of rotatable bonds is 6. The van der Waals surface area contributed by atoms with Crippen LogP contribution < -0.4 is 4.74 Å². The van der Waals surface area contributed by atoms with E-state index in [9.17, 15) is 4.79 Å². The van der Waals surface area contributed by atoms with E-state index in [1.807, 2.05) is 66.4 Å². The second-order valence-corrected chi connectivity index (χ2v) is 8.72. The summed E-state index contributed by atoms with van der Waals surface area (Å²) in [5.74, 6) is 0.756. The van der Waals surface area contributed by atoms with E-state index in [1.165, 1.54) is 0 Å². The molecule has 0 saturated carbocycles. The van der Waals surface area contributed by atoms with E-state index in [1.54, 1.807) is 0 Å². The molecular formula is C29H29N3O2. The molecular weight excluding hydrogens is 422 g/mol. The number of hydrogen-bond donors (Lipinski definition) is 0. The lowest BCUT2D eigenvalue weighted by molar-refractivity contribution is -0.139. The molecule has 5 heteroatoms. The zero-order valence-corrected chi connectivity index (χ0v) is 19.4. The van der Waals surface area contributed by atoms with Crippen LogP contribution in [0.4, 0.5) is 0 Å². The van der Waals surface area contributed by atoms with Gasteiger partial charge in [0, 0.05) is 18.7 Å². The molecule has 1 fully saturated rings. The SMILES string of the molecule is C[C@@H](Oc1ccccc1)C(=O)N1CCC(n2nc(-c3ccccc3)cc2-c2ccccc2)CC1. The first-order valence-electron chi connectivity index (χ1n) is 11.9. The number of carbonyl (C=O) groups excluding carboxylic acids is 1. The lowest BCUT2D eigenvalue weighted by atomic mass is 10.0. The fourth-order valence-electron chi connectivity index (χ4n) is 4.59. The Bertz CT molecular complexity index is 1210. The van der Waals surface area contributed by atoms with Gasteiger partial charge in [0.1, 0.15) is 5.75 Å². The number of nitrogens with zero attached hydrogens (tertiary/aromatic N) is 3.